The summed E-state index contributed by atoms with van der Waals surface area (Å²) in [5.74, 6) is 1.63. The van der Waals surface area contributed by atoms with E-state index in [4.69, 9.17) is 23.2 Å². The molecule has 0 amide bonds. The lowest BCUT2D eigenvalue weighted by atomic mass is 10.3. The summed E-state index contributed by atoms with van der Waals surface area (Å²) < 4.78 is 1.85. The van der Waals surface area contributed by atoms with Gasteiger partial charge in [-0.2, -0.15) is 0 Å². The molecule has 144 valence electrons. The minimum absolute atomic E-state index is 0. The summed E-state index contributed by atoms with van der Waals surface area (Å²) in [6.45, 7) is 3.86. The van der Waals surface area contributed by atoms with Gasteiger partial charge in [-0.25, -0.2) is 9.98 Å². The van der Waals surface area contributed by atoms with Crippen molar-refractivity contribution in [3.63, 3.8) is 0 Å². The number of guanidine groups is 1. The number of halogens is 3. The monoisotopic (exact) mass is 510 g/mol. The smallest absolute Gasteiger partial charge is 0.191 e. The SMILES string of the molecule is CCNC(=NCc1cccc(N(C)C)n1)NCc1cc(Cl)c(Cl)n1C.I. The van der Waals surface area contributed by atoms with Gasteiger partial charge in [0.2, 0.25) is 0 Å². The van der Waals surface area contributed by atoms with E-state index in [-0.39, 0.29) is 24.0 Å². The molecule has 0 radical (unpaired) electrons. The first kappa shape index (κ1) is 22.9. The maximum Gasteiger partial charge on any atom is 0.191 e. The van der Waals surface area contributed by atoms with Gasteiger partial charge in [-0.15, -0.1) is 24.0 Å². The molecular formula is C17H25Cl2IN6. The zero-order valence-electron chi connectivity index (χ0n) is 15.4. The van der Waals surface area contributed by atoms with Crippen molar-refractivity contribution in [1.82, 2.24) is 20.2 Å². The van der Waals surface area contributed by atoms with Gasteiger partial charge in [0.1, 0.15) is 11.0 Å². The number of hydrogen-bond donors (Lipinski definition) is 2. The van der Waals surface area contributed by atoms with Crippen LogP contribution in [0.1, 0.15) is 18.3 Å². The van der Waals surface area contributed by atoms with Crippen molar-refractivity contribution in [2.45, 2.75) is 20.0 Å². The van der Waals surface area contributed by atoms with E-state index in [0.29, 0.717) is 29.2 Å². The van der Waals surface area contributed by atoms with Crippen LogP contribution in [0.25, 0.3) is 0 Å². The fourth-order valence-electron chi connectivity index (χ4n) is 2.24. The van der Waals surface area contributed by atoms with E-state index < -0.39 is 0 Å². The van der Waals surface area contributed by atoms with Crippen molar-refractivity contribution < 1.29 is 0 Å². The lowest BCUT2D eigenvalue weighted by Crippen LogP contribution is -2.37. The Labute approximate surface area is 182 Å². The Hall–Kier alpha value is -1.19. The van der Waals surface area contributed by atoms with Crippen LogP contribution in [0, 0.1) is 0 Å². The molecular weight excluding hydrogens is 486 g/mol. The van der Waals surface area contributed by atoms with E-state index in [1.54, 1.807) is 0 Å². The summed E-state index contributed by atoms with van der Waals surface area (Å²) >= 11 is 12.2. The number of hydrogen-bond acceptors (Lipinski definition) is 3. The van der Waals surface area contributed by atoms with E-state index in [0.717, 1.165) is 23.8 Å². The molecule has 0 aromatic carbocycles. The number of aromatic nitrogens is 2. The van der Waals surface area contributed by atoms with Crippen LogP contribution in [0.15, 0.2) is 29.3 Å². The fourth-order valence-corrected chi connectivity index (χ4v) is 2.65. The third kappa shape index (κ3) is 6.21. The average molecular weight is 511 g/mol. The van der Waals surface area contributed by atoms with Crippen LogP contribution in [0.5, 0.6) is 0 Å². The second-order valence-electron chi connectivity index (χ2n) is 5.76. The highest BCUT2D eigenvalue weighted by molar-refractivity contribution is 14.0. The molecule has 2 aromatic heterocycles. The normalized spacial score (nSPS) is 11.1. The van der Waals surface area contributed by atoms with E-state index in [9.17, 15) is 0 Å². The van der Waals surface area contributed by atoms with Crippen molar-refractivity contribution in [2.75, 3.05) is 25.5 Å². The zero-order chi connectivity index (χ0) is 18.4. The largest absolute Gasteiger partial charge is 0.363 e. The van der Waals surface area contributed by atoms with Crippen molar-refractivity contribution in [1.29, 1.82) is 0 Å². The summed E-state index contributed by atoms with van der Waals surface area (Å²) in [5.41, 5.74) is 1.89. The fraction of sp³-hybridized carbons (Fsp3) is 0.412. The molecule has 0 bridgehead atoms. The number of nitrogens with one attached hydrogen (secondary N) is 2. The summed E-state index contributed by atoms with van der Waals surface area (Å²) in [6, 6.07) is 7.78. The second kappa shape index (κ2) is 10.8. The van der Waals surface area contributed by atoms with Gasteiger partial charge >= 0.3 is 0 Å². The van der Waals surface area contributed by atoms with Crippen molar-refractivity contribution >= 4 is 59.0 Å². The number of nitrogens with zero attached hydrogens (tertiary/aromatic N) is 4. The van der Waals surface area contributed by atoms with Gasteiger partial charge < -0.3 is 20.1 Å². The van der Waals surface area contributed by atoms with E-state index in [1.807, 2.05) is 61.8 Å². The predicted molar refractivity (Wildman–Crippen MR) is 121 cm³/mol. The highest BCUT2D eigenvalue weighted by atomic mass is 127. The third-order valence-corrected chi connectivity index (χ3v) is 4.49. The lowest BCUT2D eigenvalue weighted by Gasteiger charge is -2.13. The van der Waals surface area contributed by atoms with Gasteiger partial charge in [0.15, 0.2) is 5.96 Å². The van der Waals surface area contributed by atoms with Crippen LogP contribution < -0.4 is 15.5 Å². The lowest BCUT2D eigenvalue weighted by molar-refractivity contribution is 0.751. The van der Waals surface area contributed by atoms with E-state index in [1.165, 1.54) is 0 Å². The van der Waals surface area contributed by atoms with Gasteiger partial charge in [-0.3, -0.25) is 0 Å². The maximum atomic E-state index is 6.10. The molecule has 26 heavy (non-hydrogen) atoms. The Morgan fingerprint density at radius 1 is 1.27 bits per heavy atom. The van der Waals surface area contributed by atoms with Gasteiger partial charge in [0.25, 0.3) is 0 Å². The minimum Gasteiger partial charge on any atom is -0.363 e. The first-order valence-corrected chi connectivity index (χ1v) is 8.83. The molecule has 2 N–H and O–H groups in total. The molecule has 9 heteroatoms. The van der Waals surface area contributed by atoms with Crippen LogP contribution in [-0.2, 0) is 20.1 Å². The van der Waals surface area contributed by atoms with Crippen molar-refractivity contribution in [3.05, 3.63) is 45.8 Å². The summed E-state index contributed by atoms with van der Waals surface area (Å²) in [5, 5.41) is 7.60. The van der Waals surface area contributed by atoms with E-state index in [2.05, 4.69) is 20.6 Å². The molecule has 0 saturated carbocycles. The molecule has 0 unspecified atom stereocenters. The summed E-state index contributed by atoms with van der Waals surface area (Å²) in [6.07, 6.45) is 0. The Balaban J connectivity index is 0.00000338. The van der Waals surface area contributed by atoms with Crippen molar-refractivity contribution in [3.8, 4) is 0 Å². The van der Waals surface area contributed by atoms with Crippen molar-refractivity contribution in [2.24, 2.45) is 12.0 Å². The molecule has 6 nitrogen and oxygen atoms in total. The van der Waals surface area contributed by atoms with Crippen LogP contribution in [0.3, 0.4) is 0 Å². The highest BCUT2D eigenvalue weighted by Gasteiger charge is 2.09. The molecule has 0 spiro atoms. The van der Waals surface area contributed by atoms with E-state index >= 15 is 0 Å². The molecule has 0 saturated heterocycles. The Morgan fingerprint density at radius 2 is 2.00 bits per heavy atom. The second-order valence-corrected chi connectivity index (χ2v) is 6.53. The van der Waals surface area contributed by atoms with Crippen LogP contribution in [-0.4, -0.2) is 36.2 Å². The molecule has 2 aromatic rings. The molecule has 0 aliphatic carbocycles. The van der Waals surface area contributed by atoms with Gasteiger partial charge in [-0.05, 0) is 25.1 Å². The maximum absolute atomic E-state index is 6.10. The molecule has 0 aliphatic heterocycles. The number of pyridine rings is 1. The summed E-state index contributed by atoms with van der Waals surface area (Å²) in [7, 11) is 5.82. The molecule has 0 atom stereocenters. The Morgan fingerprint density at radius 3 is 2.58 bits per heavy atom. The van der Waals surface area contributed by atoms with Crippen LogP contribution >= 0.6 is 47.2 Å². The first-order chi connectivity index (χ1) is 11.9. The van der Waals surface area contributed by atoms with Gasteiger partial charge in [0.05, 0.1) is 23.8 Å². The van der Waals surface area contributed by atoms with Gasteiger partial charge in [0, 0.05) is 33.4 Å². The Bertz CT molecular complexity index is 745. The number of aliphatic imine (C=N–C) groups is 1. The van der Waals surface area contributed by atoms with Gasteiger partial charge in [-0.1, -0.05) is 29.3 Å². The summed E-state index contributed by atoms with van der Waals surface area (Å²) in [4.78, 5) is 11.1. The zero-order valence-corrected chi connectivity index (χ0v) is 19.2. The van der Waals surface area contributed by atoms with Crippen LogP contribution in [0.2, 0.25) is 10.2 Å². The van der Waals surface area contributed by atoms with Crippen LogP contribution in [0.4, 0.5) is 5.82 Å². The molecule has 2 heterocycles. The first-order valence-electron chi connectivity index (χ1n) is 8.07. The predicted octanol–water partition coefficient (Wildman–Crippen LogP) is 3.67. The Kier molecular flexibility index (Phi) is 9.52. The molecule has 2 rings (SSSR count). The third-order valence-electron chi connectivity index (χ3n) is 3.65. The number of anilines is 1. The molecule has 0 aliphatic rings. The standard InChI is InChI=1S/C17H24Cl2N6.HI/c1-5-20-17(22-11-13-9-14(18)16(19)25(13)4)21-10-12-7-6-8-15(23-12)24(2)3;/h6-9H,5,10-11H2,1-4H3,(H2,20,21,22);1H. The highest BCUT2D eigenvalue weighted by Crippen LogP contribution is 2.24. The minimum atomic E-state index is 0. The number of rotatable bonds is 6. The average Bonchev–Trinajstić information content (AvgIpc) is 2.84. The molecule has 0 fully saturated rings. The topological polar surface area (TPSA) is 57.5 Å². The quantitative estimate of drug-likeness (QED) is 0.353.